The Labute approximate surface area is 183 Å². The number of halogens is 1. The third kappa shape index (κ3) is 4.10. The van der Waals surface area contributed by atoms with E-state index in [1.165, 1.54) is 14.2 Å². The molecule has 0 radical (unpaired) electrons. The molecule has 0 bridgehead atoms. The van der Waals surface area contributed by atoms with Crippen LogP contribution in [0.2, 0.25) is 5.02 Å². The number of hydrogen-bond donors (Lipinski definition) is 1. The van der Waals surface area contributed by atoms with E-state index in [9.17, 15) is 4.79 Å². The van der Waals surface area contributed by atoms with Crippen LogP contribution >= 0.6 is 11.6 Å². The molecule has 4 aromatic rings. The molecule has 0 fully saturated rings. The summed E-state index contributed by atoms with van der Waals surface area (Å²) in [6, 6.07) is 13.8. The van der Waals surface area contributed by atoms with Crippen LogP contribution < -0.4 is 19.5 Å². The molecule has 2 aromatic heterocycles. The van der Waals surface area contributed by atoms with Crippen LogP contribution in [0.1, 0.15) is 10.4 Å². The van der Waals surface area contributed by atoms with Crippen LogP contribution in [-0.2, 0) is 0 Å². The molecule has 9 heteroatoms. The second-order valence-electron chi connectivity index (χ2n) is 6.52. The maximum atomic E-state index is 12.9. The molecule has 0 aliphatic carbocycles. The minimum Gasteiger partial charge on any atom is -0.496 e. The normalized spacial score (nSPS) is 10.7. The van der Waals surface area contributed by atoms with Gasteiger partial charge >= 0.3 is 0 Å². The van der Waals surface area contributed by atoms with Gasteiger partial charge in [-0.2, -0.15) is 0 Å². The number of carbonyl (C=O) groups excluding carboxylic acids is 1. The Hall–Kier alpha value is -3.78. The van der Waals surface area contributed by atoms with Crippen molar-refractivity contribution in [1.29, 1.82) is 0 Å². The Balaban J connectivity index is 1.70. The minimum absolute atomic E-state index is 0.312. The highest BCUT2D eigenvalue weighted by Gasteiger charge is 2.17. The molecule has 0 saturated heterocycles. The Kier molecular flexibility index (Phi) is 5.64. The second-order valence-corrected chi connectivity index (χ2v) is 6.95. The molecule has 1 N–H and O–H groups in total. The van der Waals surface area contributed by atoms with E-state index in [1.807, 2.05) is 12.1 Å². The van der Waals surface area contributed by atoms with Crippen LogP contribution in [0.15, 0.2) is 54.7 Å². The van der Waals surface area contributed by atoms with E-state index in [4.69, 9.17) is 25.8 Å². The number of benzene rings is 2. The van der Waals surface area contributed by atoms with Gasteiger partial charge in [-0.15, -0.1) is 5.10 Å². The summed E-state index contributed by atoms with van der Waals surface area (Å²) in [6.45, 7) is 0. The van der Waals surface area contributed by atoms with Crippen molar-refractivity contribution in [2.45, 2.75) is 0 Å². The molecule has 0 unspecified atom stereocenters. The van der Waals surface area contributed by atoms with Crippen LogP contribution in [0.5, 0.6) is 17.4 Å². The maximum Gasteiger partial charge on any atom is 0.259 e. The number of hydrogen-bond acceptors (Lipinski definition) is 6. The third-order valence-corrected chi connectivity index (χ3v) is 4.89. The highest BCUT2D eigenvalue weighted by Crippen LogP contribution is 2.32. The number of fused-ring (bicyclic) bond motifs is 1. The van der Waals surface area contributed by atoms with Crippen LogP contribution in [0.4, 0.5) is 5.69 Å². The number of rotatable bonds is 6. The van der Waals surface area contributed by atoms with Gasteiger partial charge in [-0.25, -0.2) is 9.50 Å². The number of amides is 1. The second kappa shape index (κ2) is 8.53. The summed E-state index contributed by atoms with van der Waals surface area (Å²) in [5.74, 6) is 1.02. The molecule has 1 amide bonds. The summed E-state index contributed by atoms with van der Waals surface area (Å²) in [4.78, 5) is 17.5. The molecule has 2 aromatic carbocycles. The van der Waals surface area contributed by atoms with Crippen molar-refractivity contribution in [1.82, 2.24) is 14.6 Å². The fourth-order valence-corrected chi connectivity index (χ4v) is 3.30. The number of nitrogens with one attached hydrogen (secondary N) is 1. The lowest BCUT2D eigenvalue weighted by Crippen LogP contribution is -2.14. The highest BCUT2D eigenvalue weighted by molar-refractivity contribution is 6.31. The summed E-state index contributed by atoms with van der Waals surface area (Å²) in [5.41, 5.74) is 2.92. The quantitative estimate of drug-likeness (QED) is 0.482. The largest absolute Gasteiger partial charge is 0.496 e. The maximum absolute atomic E-state index is 12.9. The molecule has 2 heterocycles. The predicted molar refractivity (Wildman–Crippen MR) is 117 cm³/mol. The molecular weight excluding hydrogens is 420 g/mol. The fourth-order valence-electron chi connectivity index (χ4n) is 3.12. The zero-order valence-corrected chi connectivity index (χ0v) is 17.8. The van der Waals surface area contributed by atoms with Gasteiger partial charge in [-0.1, -0.05) is 11.6 Å². The Morgan fingerprint density at radius 2 is 1.74 bits per heavy atom. The van der Waals surface area contributed by atoms with Crippen molar-refractivity contribution in [2.24, 2.45) is 0 Å². The van der Waals surface area contributed by atoms with E-state index in [1.54, 1.807) is 54.2 Å². The zero-order valence-electron chi connectivity index (χ0n) is 17.0. The third-order valence-electron chi connectivity index (χ3n) is 4.65. The standard InChI is InChI=1S/C22H19ClN4O4/c1-29-18-7-5-14(23)11-15(18)22(28)25-16-10-13(4-6-19(16)30-2)17-12-27-20(24-17)8-9-21(26-27)31-3/h4-12H,1-3H3,(H,25,28). The van der Waals surface area contributed by atoms with Crippen molar-refractivity contribution in [3.05, 3.63) is 65.3 Å². The summed E-state index contributed by atoms with van der Waals surface area (Å²) in [7, 11) is 4.58. The summed E-state index contributed by atoms with van der Waals surface area (Å²) < 4.78 is 17.5. The molecule has 0 saturated carbocycles. The lowest BCUT2D eigenvalue weighted by atomic mass is 10.1. The average molecular weight is 439 g/mol. The molecule has 0 aliphatic rings. The van der Waals surface area contributed by atoms with Crippen LogP contribution in [0, 0.1) is 0 Å². The molecule has 158 valence electrons. The van der Waals surface area contributed by atoms with Gasteiger partial charge in [0.05, 0.1) is 44.5 Å². The molecule has 0 aliphatic heterocycles. The smallest absolute Gasteiger partial charge is 0.259 e. The number of ether oxygens (including phenoxy) is 3. The Morgan fingerprint density at radius 3 is 2.48 bits per heavy atom. The monoisotopic (exact) mass is 438 g/mol. The van der Waals surface area contributed by atoms with E-state index >= 15 is 0 Å². The minimum atomic E-state index is -0.379. The van der Waals surface area contributed by atoms with Gasteiger partial charge in [0.2, 0.25) is 5.88 Å². The Morgan fingerprint density at radius 1 is 0.968 bits per heavy atom. The van der Waals surface area contributed by atoms with Crippen LogP contribution in [0.25, 0.3) is 16.9 Å². The van der Waals surface area contributed by atoms with E-state index in [0.29, 0.717) is 45.0 Å². The van der Waals surface area contributed by atoms with Gasteiger partial charge in [-0.05, 0) is 42.5 Å². The topological polar surface area (TPSA) is 87.0 Å². The van der Waals surface area contributed by atoms with Gasteiger partial charge in [0, 0.05) is 16.7 Å². The van der Waals surface area contributed by atoms with Crippen LogP contribution in [-0.4, -0.2) is 41.8 Å². The number of imidazole rings is 1. The molecular formula is C22H19ClN4O4. The first kappa shape index (κ1) is 20.5. The first-order chi connectivity index (χ1) is 15.0. The van der Waals surface area contributed by atoms with E-state index in [0.717, 1.165) is 5.56 Å². The number of methoxy groups -OCH3 is 3. The average Bonchev–Trinajstić information content (AvgIpc) is 3.22. The highest BCUT2D eigenvalue weighted by atomic mass is 35.5. The van der Waals surface area contributed by atoms with Gasteiger partial charge in [-0.3, -0.25) is 4.79 Å². The number of anilines is 1. The van der Waals surface area contributed by atoms with Crippen molar-refractivity contribution in [3.63, 3.8) is 0 Å². The fraction of sp³-hybridized carbons (Fsp3) is 0.136. The molecule has 0 spiro atoms. The van der Waals surface area contributed by atoms with Crippen LogP contribution in [0.3, 0.4) is 0 Å². The van der Waals surface area contributed by atoms with Crippen molar-refractivity contribution in [3.8, 4) is 28.6 Å². The predicted octanol–water partition coefficient (Wildman–Crippen LogP) is 4.33. The summed E-state index contributed by atoms with van der Waals surface area (Å²) >= 11 is 6.06. The van der Waals surface area contributed by atoms with E-state index in [-0.39, 0.29) is 5.91 Å². The van der Waals surface area contributed by atoms with Gasteiger partial charge in [0.25, 0.3) is 5.91 Å². The number of aromatic nitrogens is 3. The first-order valence-electron chi connectivity index (χ1n) is 9.26. The molecule has 31 heavy (non-hydrogen) atoms. The summed E-state index contributed by atoms with van der Waals surface area (Å²) in [5, 5.41) is 7.62. The van der Waals surface area contributed by atoms with Crippen molar-refractivity contribution >= 4 is 28.8 Å². The SMILES string of the molecule is COc1ccc2nc(-c3ccc(OC)c(NC(=O)c4cc(Cl)ccc4OC)c3)cn2n1. The molecule has 4 rings (SSSR count). The lowest BCUT2D eigenvalue weighted by Gasteiger charge is -2.13. The zero-order chi connectivity index (χ0) is 22.0. The number of nitrogens with zero attached hydrogens (tertiary/aromatic N) is 3. The summed E-state index contributed by atoms with van der Waals surface area (Å²) in [6.07, 6.45) is 1.78. The van der Waals surface area contributed by atoms with Gasteiger partial charge < -0.3 is 19.5 Å². The lowest BCUT2D eigenvalue weighted by molar-refractivity contribution is 0.102. The molecule has 0 atom stereocenters. The van der Waals surface area contributed by atoms with E-state index < -0.39 is 0 Å². The van der Waals surface area contributed by atoms with Crippen molar-refractivity contribution < 1.29 is 19.0 Å². The van der Waals surface area contributed by atoms with Crippen molar-refractivity contribution in [2.75, 3.05) is 26.6 Å². The van der Waals surface area contributed by atoms with Gasteiger partial charge in [0.15, 0.2) is 5.65 Å². The molecule has 8 nitrogen and oxygen atoms in total. The number of carbonyl (C=O) groups is 1. The Bertz CT molecular complexity index is 1270. The van der Waals surface area contributed by atoms with Gasteiger partial charge in [0.1, 0.15) is 11.5 Å². The first-order valence-corrected chi connectivity index (χ1v) is 9.64. The van der Waals surface area contributed by atoms with E-state index in [2.05, 4.69) is 15.4 Å².